The van der Waals surface area contributed by atoms with Crippen LogP contribution < -0.4 is 7.69 Å². The number of rotatable bonds is 0. The summed E-state index contributed by atoms with van der Waals surface area (Å²) in [6.45, 7) is 0. The molecule has 6 heteroatoms. The van der Waals surface area contributed by atoms with Crippen molar-refractivity contribution in [2.75, 3.05) is 0 Å². The lowest BCUT2D eigenvalue weighted by molar-refractivity contribution is 1.51. The maximum atomic E-state index is 8.50. The number of hydrogen-bond donors (Lipinski definition) is 0. The van der Waals surface area contributed by atoms with E-state index in [1.54, 1.807) is 24.3 Å². The number of nitrogens with zero attached hydrogens (tertiary/aromatic N) is 4. The minimum absolute atomic E-state index is 0.0268. The van der Waals surface area contributed by atoms with Crippen LogP contribution in [0.25, 0.3) is 11.1 Å². The molecule has 64 valence electrons. The molecule has 0 saturated carbocycles. The van der Waals surface area contributed by atoms with E-state index in [2.05, 4.69) is 0 Å². The molecule has 0 fully saturated rings. The molecule has 0 spiro atoms. The fraction of sp³-hybridized carbons (Fsp3) is 0. The van der Waals surface area contributed by atoms with Crippen LogP contribution in [-0.4, -0.2) is 0 Å². The van der Waals surface area contributed by atoms with Gasteiger partial charge in [-0.15, -0.1) is 22.7 Å². The average molecular weight is 216 g/mol. The summed E-state index contributed by atoms with van der Waals surface area (Å²) in [4.78, 5) is 0. The minimum Gasteiger partial charge on any atom is -0.192 e. The summed E-state index contributed by atoms with van der Waals surface area (Å²) >= 11 is 2.24. The van der Waals surface area contributed by atoms with Gasteiger partial charge in [0.05, 0.1) is 0 Å². The van der Waals surface area contributed by atoms with Gasteiger partial charge in [0.25, 0.3) is 0 Å². The quantitative estimate of drug-likeness (QED) is 0.619. The smallest absolute Gasteiger partial charge is 0.156 e. The molecule has 1 rings (SSSR count). The first kappa shape index (κ1) is 9.96. The van der Waals surface area contributed by atoms with Gasteiger partial charge in [0.2, 0.25) is 0 Å². The molecule has 0 bridgehead atoms. The predicted octanol–water partition coefficient (Wildman–Crippen LogP) is 0.205. The molecule has 0 saturated heterocycles. The Bertz CT molecular complexity index is 529. The van der Waals surface area contributed by atoms with Crippen molar-refractivity contribution in [1.29, 1.82) is 21.0 Å². The molecule has 0 amide bonds. The Hall–Kier alpha value is -2.12. The second-order valence-electron chi connectivity index (χ2n) is 1.98. The van der Waals surface area contributed by atoms with Gasteiger partial charge in [-0.25, -0.2) is 0 Å². The van der Waals surface area contributed by atoms with E-state index in [-0.39, 0.29) is 11.1 Å². The molecule has 0 aliphatic heterocycles. The van der Waals surface area contributed by atoms with Gasteiger partial charge in [-0.3, -0.25) is 0 Å². The van der Waals surface area contributed by atoms with Crippen molar-refractivity contribution in [3.05, 3.63) is 7.69 Å². The van der Waals surface area contributed by atoms with E-state index < -0.39 is 0 Å². The summed E-state index contributed by atoms with van der Waals surface area (Å²) in [6.07, 6.45) is 0. The zero-order valence-electron chi connectivity index (χ0n) is 6.61. The Labute approximate surface area is 87.1 Å². The Morgan fingerprint density at radius 3 is 1.21 bits per heavy atom. The molecule has 0 aliphatic rings. The van der Waals surface area contributed by atoms with Crippen LogP contribution in [0.5, 0.6) is 0 Å². The fourth-order valence-electron chi connectivity index (χ4n) is 0.613. The molecule has 0 N–H and O–H groups in total. The van der Waals surface area contributed by atoms with Gasteiger partial charge in [-0.1, -0.05) is 0 Å². The van der Waals surface area contributed by atoms with Crippen LogP contribution in [0, 0.1) is 45.3 Å². The van der Waals surface area contributed by atoms with Crippen LogP contribution in [0.15, 0.2) is 0 Å². The third-order valence-electron chi connectivity index (χ3n) is 1.23. The molecule has 1 aromatic rings. The third kappa shape index (κ3) is 1.63. The maximum Gasteiger partial charge on any atom is 0.156 e. The van der Waals surface area contributed by atoms with E-state index in [9.17, 15) is 0 Å². The van der Waals surface area contributed by atoms with E-state index in [0.29, 0.717) is 7.69 Å². The first-order chi connectivity index (χ1) is 6.76. The second-order valence-corrected chi connectivity index (χ2v) is 4.53. The van der Waals surface area contributed by atoms with Crippen molar-refractivity contribution >= 4 is 33.8 Å². The van der Waals surface area contributed by atoms with Gasteiger partial charge in [0.1, 0.15) is 32.0 Å². The zero-order valence-corrected chi connectivity index (χ0v) is 8.24. The molecule has 1 heterocycles. The second kappa shape index (κ2) is 4.21. The highest BCUT2D eigenvalue weighted by Crippen LogP contribution is 1.98. The first-order valence-corrected chi connectivity index (χ1v) is 4.84. The molecule has 0 atom stereocenters. The van der Waals surface area contributed by atoms with Crippen LogP contribution in [0.1, 0.15) is 0 Å². The highest BCUT2D eigenvalue weighted by atomic mass is 32.2. The van der Waals surface area contributed by atoms with Crippen molar-refractivity contribution < 1.29 is 0 Å². The molecular formula is C8N4S2. The van der Waals surface area contributed by atoms with Crippen molar-refractivity contribution in [3.63, 3.8) is 0 Å². The highest BCUT2D eigenvalue weighted by molar-refractivity contribution is 7.36. The molecule has 0 aromatic carbocycles. The summed E-state index contributed by atoms with van der Waals surface area (Å²) in [6, 6.07) is 6.95. The molecule has 4 nitrogen and oxygen atoms in total. The van der Waals surface area contributed by atoms with E-state index >= 15 is 0 Å². The molecular weight excluding hydrogens is 216 g/mol. The number of hydrogen-bond acceptors (Lipinski definition) is 6. The largest absolute Gasteiger partial charge is 0.192 e. The fourth-order valence-corrected chi connectivity index (χ4v) is 2.49. The van der Waals surface area contributed by atoms with Gasteiger partial charge in [-0.2, -0.15) is 21.0 Å². The molecule has 0 radical (unpaired) electrons. The molecule has 1 aromatic heterocycles. The highest BCUT2D eigenvalue weighted by Gasteiger charge is 2.04. The molecule has 0 aliphatic carbocycles. The summed E-state index contributed by atoms with van der Waals surface area (Å²) in [5, 5.41) is 34.0. The Balaban J connectivity index is 3.42. The SMILES string of the molecule is N#CC(C#N)=c1sc(=C(C#N)C#N)s1. The van der Waals surface area contributed by atoms with Crippen LogP contribution in [0.4, 0.5) is 0 Å². The van der Waals surface area contributed by atoms with E-state index in [0.717, 1.165) is 22.7 Å². The maximum absolute atomic E-state index is 8.50. The van der Waals surface area contributed by atoms with Crippen molar-refractivity contribution in [2.24, 2.45) is 0 Å². The van der Waals surface area contributed by atoms with Crippen molar-refractivity contribution in [3.8, 4) is 24.3 Å². The number of nitriles is 4. The topological polar surface area (TPSA) is 95.2 Å². The normalized spacial score (nSPS) is 7.71. The monoisotopic (exact) mass is 216 g/mol. The Morgan fingerprint density at radius 1 is 0.714 bits per heavy atom. The van der Waals surface area contributed by atoms with Crippen LogP contribution in [0.2, 0.25) is 0 Å². The van der Waals surface area contributed by atoms with Gasteiger partial charge < -0.3 is 0 Å². The first-order valence-electron chi connectivity index (χ1n) is 3.21. The van der Waals surface area contributed by atoms with E-state index in [1.165, 1.54) is 0 Å². The molecule has 14 heavy (non-hydrogen) atoms. The Kier molecular flexibility index (Phi) is 3.00. The summed E-state index contributed by atoms with van der Waals surface area (Å²) in [5.74, 6) is 0. The zero-order chi connectivity index (χ0) is 10.6. The minimum atomic E-state index is 0.0268. The third-order valence-corrected chi connectivity index (χ3v) is 3.78. The van der Waals surface area contributed by atoms with Crippen molar-refractivity contribution in [2.45, 2.75) is 0 Å². The standard InChI is InChI=1S/C8N4S2/c9-1-5(2-10)7-13-8(14-7)6(3-11)4-12. The average Bonchev–Trinajstić information content (AvgIpc) is 2.16. The lowest BCUT2D eigenvalue weighted by Gasteiger charge is -1.90. The summed E-state index contributed by atoms with van der Waals surface area (Å²) in [5.41, 5.74) is 0.0537. The molecule has 0 unspecified atom stereocenters. The lowest BCUT2D eigenvalue weighted by Crippen LogP contribution is -2.14. The predicted molar refractivity (Wildman–Crippen MR) is 50.7 cm³/mol. The van der Waals surface area contributed by atoms with Gasteiger partial charge >= 0.3 is 0 Å². The van der Waals surface area contributed by atoms with Crippen LogP contribution in [-0.2, 0) is 0 Å². The Morgan fingerprint density at radius 2 is 1.00 bits per heavy atom. The van der Waals surface area contributed by atoms with Gasteiger partial charge in [0, 0.05) is 0 Å². The van der Waals surface area contributed by atoms with Crippen LogP contribution in [0.3, 0.4) is 0 Å². The van der Waals surface area contributed by atoms with E-state index in [1.807, 2.05) is 0 Å². The van der Waals surface area contributed by atoms with Crippen LogP contribution >= 0.6 is 22.7 Å². The summed E-state index contributed by atoms with van der Waals surface area (Å²) < 4.78 is 1.10. The lowest BCUT2D eigenvalue weighted by atomic mass is 10.4. The van der Waals surface area contributed by atoms with Crippen molar-refractivity contribution in [1.82, 2.24) is 0 Å². The van der Waals surface area contributed by atoms with Gasteiger partial charge in [-0.05, 0) is 0 Å². The van der Waals surface area contributed by atoms with E-state index in [4.69, 9.17) is 21.0 Å². The van der Waals surface area contributed by atoms with Gasteiger partial charge in [0.15, 0.2) is 11.1 Å². The summed E-state index contributed by atoms with van der Waals surface area (Å²) in [7, 11) is 0.